The summed E-state index contributed by atoms with van der Waals surface area (Å²) in [6, 6.07) is 5.06. The summed E-state index contributed by atoms with van der Waals surface area (Å²) < 4.78 is 15.5. The van der Waals surface area contributed by atoms with Gasteiger partial charge in [0.2, 0.25) is 0 Å². The summed E-state index contributed by atoms with van der Waals surface area (Å²) in [7, 11) is 0. The summed E-state index contributed by atoms with van der Waals surface area (Å²) in [5.74, 6) is 1.61. The third-order valence-corrected chi connectivity index (χ3v) is 6.02. The first-order valence-corrected chi connectivity index (χ1v) is 9.91. The van der Waals surface area contributed by atoms with E-state index in [0.717, 1.165) is 56.7 Å². The second-order valence-corrected chi connectivity index (χ2v) is 7.77. The molecule has 2 amide bonds. The number of aryl methyl sites for hydroxylation is 2. The maximum Gasteiger partial charge on any atom is 0.317 e. The highest BCUT2D eigenvalue weighted by atomic mass is 19.1. The summed E-state index contributed by atoms with van der Waals surface area (Å²) in [5.41, 5.74) is 2.22. The molecule has 4 rings (SSSR count). The first-order chi connectivity index (χ1) is 13.1. The van der Waals surface area contributed by atoms with Crippen LogP contribution in [0.1, 0.15) is 54.5 Å². The van der Waals surface area contributed by atoms with E-state index in [1.54, 1.807) is 6.07 Å². The lowest BCUT2D eigenvalue weighted by Crippen LogP contribution is -2.45. The molecule has 27 heavy (non-hydrogen) atoms. The molecular formula is C21H27FN4O. The van der Waals surface area contributed by atoms with Crippen LogP contribution in [-0.4, -0.2) is 40.1 Å². The molecule has 1 N–H and O–H groups in total. The summed E-state index contributed by atoms with van der Waals surface area (Å²) >= 11 is 0. The molecule has 144 valence electrons. The van der Waals surface area contributed by atoms with Crippen molar-refractivity contribution in [1.29, 1.82) is 0 Å². The average molecular weight is 370 g/mol. The fraction of sp³-hybridized carbons (Fsp3) is 0.524. The van der Waals surface area contributed by atoms with Crippen LogP contribution < -0.4 is 5.32 Å². The van der Waals surface area contributed by atoms with Gasteiger partial charge in [0.1, 0.15) is 11.6 Å². The topological polar surface area (TPSA) is 50.2 Å². The number of hydrogen-bond acceptors (Lipinski definition) is 2. The molecule has 0 aliphatic carbocycles. The number of rotatable bonds is 3. The van der Waals surface area contributed by atoms with Gasteiger partial charge in [-0.3, -0.25) is 0 Å². The molecule has 6 heteroatoms. The Bertz CT molecular complexity index is 810. The summed E-state index contributed by atoms with van der Waals surface area (Å²) in [6.45, 7) is 5.12. The van der Waals surface area contributed by atoms with E-state index in [-0.39, 0.29) is 11.8 Å². The third-order valence-electron chi connectivity index (χ3n) is 6.02. The van der Waals surface area contributed by atoms with Crippen LogP contribution in [0.3, 0.4) is 0 Å². The lowest BCUT2D eigenvalue weighted by molar-refractivity contribution is 0.180. The van der Waals surface area contributed by atoms with E-state index in [1.165, 1.54) is 11.6 Å². The molecule has 1 atom stereocenters. The number of likely N-dealkylation sites (tertiary alicyclic amines) is 1. The van der Waals surface area contributed by atoms with Crippen LogP contribution in [-0.2, 0) is 6.54 Å². The maximum absolute atomic E-state index is 13.3. The second kappa shape index (κ2) is 7.71. The van der Waals surface area contributed by atoms with Gasteiger partial charge in [-0.25, -0.2) is 14.2 Å². The highest BCUT2D eigenvalue weighted by Gasteiger charge is 2.26. The van der Waals surface area contributed by atoms with Crippen molar-refractivity contribution in [2.75, 3.05) is 19.6 Å². The Kier molecular flexibility index (Phi) is 5.14. The molecule has 1 saturated heterocycles. The Morgan fingerprint density at radius 2 is 2.07 bits per heavy atom. The van der Waals surface area contributed by atoms with E-state index in [9.17, 15) is 9.18 Å². The number of hydrogen-bond donors (Lipinski definition) is 1. The smallest absolute Gasteiger partial charge is 0.317 e. The minimum absolute atomic E-state index is 0.0213. The number of fused-ring (bicyclic) bond motifs is 1. The Hall–Kier alpha value is -2.37. The number of carbonyl (C=O) groups excluding carboxylic acids is 1. The van der Waals surface area contributed by atoms with Crippen LogP contribution in [0.25, 0.3) is 0 Å². The third kappa shape index (κ3) is 3.84. The molecule has 5 nitrogen and oxygen atoms in total. The summed E-state index contributed by atoms with van der Waals surface area (Å²) in [4.78, 5) is 18.9. The van der Waals surface area contributed by atoms with Crippen LogP contribution in [0.2, 0.25) is 0 Å². The number of imidazole rings is 1. The number of nitrogens with zero attached hydrogens (tertiary/aromatic N) is 3. The van der Waals surface area contributed by atoms with E-state index in [2.05, 4.69) is 14.9 Å². The van der Waals surface area contributed by atoms with Crippen molar-refractivity contribution in [3.8, 4) is 0 Å². The standard InChI is InChI=1S/C21H27FN4O/c1-15-13-18(22)4-5-19(15)16-6-10-26(11-7-16)21(27)24-14-17-3-2-9-25-12-8-23-20(17)25/h4-5,8,12-13,16-17H,2-3,6-7,9-11,14H2,1H3,(H,24,27)/t17-/m0/s1. The first kappa shape index (κ1) is 18.0. The molecule has 1 aromatic heterocycles. The molecule has 2 aliphatic heterocycles. The summed E-state index contributed by atoms with van der Waals surface area (Å²) in [5, 5.41) is 3.11. The molecule has 0 unspecified atom stereocenters. The highest BCUT2D eigenvalue weighted by Crippen LogP contribution is 2.31. The predicted molar refractivity (Wildman–Crippen MR) is 102 cm³/mol. The molecule has 3 heterocycles. The number of nitrogens with one attached hydrogen (secondary N) is 1. The number of piperidine rings is 1. The second-order valence-electron chi connectivity index (χ2n) is 7.77. The number of halogens is 1. The monoisotopic (exact) mass is 370 g/mol. The average Bonchev–Trinajstić information content (AvgIpc) is 3.16. The minimum atomic E-state index is -0.184. The van der Waals surface area contributed by atoms with E-state index in [1.807, 2.05) is 30.3 Å². The minimum Gasteiger partial charge on any atom is -0.337 e. The quantitative estimate of drug-likeness (QED) is 0.893. The van der Waals surface area contributed by atoms with Crippen molar-refractivity contribution in [2.45, 2.75) is 51.0 Å². The Balaban J connectivity index is 1.29. The highest BCUT2D eigenvalue weighted by molar-refractivity contribution is 5.74. The van der Waals surface area contributed by atoms with Gasteiger partial charge in [-0.15, -0.1) is 0 Å². The SMILES string of the molecule is Cc1cc(F)ccc1C1CCN(C(=O)NC[C@@H]2CCCn3ccnc32)CC1. The van der Waals surface area contributed by atoms with Gasteiger partial charge < -0.3 is 14.8 Å². The molecule has 1 aromatic carbocycles. The lowest BCUT2D eigenvalue weighted by Gasteiger charge is -2.33. The normalized spacial score (nSPS) is 20.4. The fourth-order valence-electron chi connectivity index (χ4n) is 4.51. The van der Waals surface area contributed by atoms with E-state index >= 15 is 0 Å². The van der Waals surface area contributed by atoms with Gasteiger partial charge in [-0.05, 0) is 61.8 Å². The van der Waals surface area contributed by atoms with Crippen molar-refractivity contribution in [2.24, 2.45) is 0 Å². The van der Waals surface area contributed by atoms with Crippen molar-refractivity contribution in [1.82, 2.24) is 19.8 Å². The van der Waals surface area contributed by atoms with Gasteiger partial charge in [0.25, 0.3) is 0 Å². The number of urea groups is 1. The first-order valence-electron chi connectivity index (χ1n) is 9.91. The van der Waals surface area contributed by atoms with Crippen molar-refractivity contribution >= 4 is 6.03 Å². The van der Waals surface area contributed by atoms with Gasteiger partial charge in [0.15, 0.2) is 0 Å². The Labute approximate surface area is 159 Å². The van der Waals surface area contributed by atoms with E-state index in [0.29, 0.717) is 18.4 Å². The maximum atomic E-state index is 13.3. The van der Waals surface area contributed by atoms with Crippen molar-refractivity contribution in [3.05, 3.63) is 53.4 Å². The molecule has 2 aromatic rings. The van der Waals surface area contributed by atoms with Gasteiger partial charge in [0.05, 0.1) is 0 Å². The molecule has 0 saturated carbocycles. The van der Waals surface area contributed by atoms with Crippen molar-refractivity contribution in [3.63, 3.8) is 0 Å². The molecular weight excluding hydrogens is 343 g/mol. The largest absolute Gasteiger partial charge is 0.337 e. The van der Waals surface area contributed by atoms with Gasteiger partial charge in [0, 0.05) is 44.5 Å². The molecule has 1 fully saturated rings. The zero-order valence-electron chi connectivity index (χ0n) is 15.8. The van der Waals surface area contributed by atoms with Crippen LogP contribution in [0, 0.1) is 12.7 Å². The van der Waals surface area contributed by atoms with Gasteiger partial charge >= 0.3 is 6.03 Å². The van der Waals surface area contributed by atoms with E-state index < -0.39 is 0 Å². The summed E-state index contributed by atoms with van der Waals surface area (Å²) in [6.07, 6.45) is 7.92. The zero-order valence-corrected chi connectivity index (χ0v) is 15.8. The zero-order chi connectivity index (χ0) is 18.8. The van der Waals surface area contributed by atoms with Crippen molar-refractivity contribution < 1.29 is 9.18 Å². The molecule has 0 spiro atoms. The lowest BCUT2D eigenvalue weighted by atomic mass is 9.87. The molecule has 0 radical (unpaired) electrons. The van der Waals surface area contributed by atoms with Crippen LogP contribution in [0.4, 0.5) is 9.18 Å². The van der Waals surface area contributed by atoms with Crippen LogP contribution in [0.15, 0.2) is 30.6 Å². The number of carbonyl (C=O) groups is 1. The van der Waals surface area contributed by atoms with Gasteiger partial charge in [-0.1, -0.05) is 6.07 Å². The number of amides is 2. The fourth-order valence-corrected chi connectivity index (χ4v) is 4.51. The van der Waals surface area contributed by atoms with E-state index in [4.69, 9.17) is 0 Å². The van der Waals surface area contributed by atoms with Crippen LogP contribution >= 0.6 is 0 Å². The molecule has 0 bridgehead atoms. The van der Waals surface area contributed by atoms with Crippen LogP contribution in [0.5, 0.6) is 0 Å². The predicted octanol–water partition coefficient (Wildman–Crippen LogP) is 3.80. The Morgan fingerprint density at radius 3 is 2.85 bits per heavy atom. The van der Waals surface area contributed by atoms with Gasteiger partial charge in [-0.2, -0.15) is 0 Å². The number of benzene rings is 1. The Morgan fingerprint density at radius 1 is 1.26 bits per heavy atom. The molecule has 2 aliphatic rings. The number of aromatic nitrogens is 2.